The number of aromatic nitrogens is 2. The van der Waals surface area contributed by atoms with E-state index in [4.69, 9.17) is 17.0 Å². The molecular formula is C13H18N2OS2. The predicted molar refractivity (Wildman–Crippen MR) is 81.3 cm³/mol. The van der Waals surface area contributed by atoms with E-state index in [0.717, 1.165) is 28.1 Å². The van der Waals surface area contributed by atoms with Crippen molar-refractivity contribution in [2.75, 3.05) is 12.9 Å². The van der Waals surface area contributed by atoms with Crippen LogP contribution in [0.25, 0.3) is 11.0 Å². The van der Waals surface area contributed by atoms with Crippen molar-refractivity contribution in [3.63, 3.8) is 0 Å². The minimum Gasteiger partial charge on any atom is -0.492 e. The number of fused-ring (bicyclic) bond motifs is 1. The molecule has 0 aliphatic carbocycles. The lowest BCUT2D eigenvalue weighted by Gasteiger charge is -2.10. The summed E-state index contributed by atoms with van der Waals surface area (Å²) in [7, 11) is 0. The highest BCUT2D eigenvalue weighted by molar-refractivity contribution is 7.99. The molecule has 1 heterocycles. The fourth-order valence-corrected chi connectivity index (χ4v) is 2.52. The number of H-pyrrole nitrogens is 1. The Labute approximate surface area is 117 Å². The van der Waals surface area contributed by atoms with Crippen LogP contribution >= 0.6 is 24.0 Å². The lowest BCUT2D eigenvalue weighted by atomic mass is 10.3. The molecule has 3 nitrogen and oxygen atoms in total. The number of thioether (sulfide) groups is 1. The molecule has 0 amide bonds. The first-order valence-electron chi connectivity index (χ1n) is 6.04. The summed E-state index contributed by atoms with van der Waals surface area (Å²) < 4.78 is 8.53. The second-order valence-electron chi connectivity index (χ2n) is 4.17. The molecule has 5 heteroatoms. The lowest BCUT2D eigenvalue weighted by Crippen LogP contribution is -2.08. The van der Waals surface area contributed by atoms with Crippen molar-refractivity contribution in [1.29, 1.82) is 0 Å². The summed E-state index contributed by atoms with van der Waals surface area (Å²) in [5.74, 6) is 0.872. The Bertz CT molecular complexity index is 588. The summed E-state index contributed by atoms with van der Waals surface area (Å²) in [5, 5.41) is 0.534. The van der Waals surface area contributed by atoms with Gasteiger partial charge in [0.2, 0.25) is 0 Å². The van der Waals surface area contributed by atoms with Gasteiger partial charge in [0, 0.05) is 11.8 Å². The summed E-state index contributed by atoms with van der Waals surface area (Å²) in [5.41, 5.74) is 2.12. The first kappa shape index (κ1) is 13.5. The Kier molecular flexibility index (Phi) is 4.35. The quantitative estimate of drug-likeness (QED) is 0.845. The van der Waals surface area contributed by atoms with Crippen molar-refractivity contribution in [2.24, 2.45) is 0 Å². The maximum absolute atomic E-state index is 5.62. The minimum atomic E-state index is 0.534. The van der Waals surface area contributed by atoms with Crippen LogP contribution < -0.4 is 4.74 Å². The van der Waals surface area contributed by atoms with E-state index in [1.54, 1.807) is 0 Å². The Morgan fingerprint density at radius 3 is 2.94 bits per heavy atom. The summed E-state index contributed by atoms with van der Waals surface area (Å²) in [6, 6.07) is 6.06. The number of nitrogens with one attached hydrogen (secondary N) is 1. The number of ether oxygens (including phenoxy) is 1. The fraction of sp³-hybridized carbons (Fsp3) is 0.462. The molecule has 0 saturated heterocycles. The highest BCUT2D eigenvalue weighted by atomic mass is 32.2. The molecular weight excluding hydrogens is 264 g/mol. The molecule has 0 bridgehead atoms. The standard InChI is InChI=1S/C13H18N2OS2/c1-4-16-11-7-5-6-10-12(11)14-13(17)15(10)8-9(2)18-3/h5-7,9H,4,8H2,1-3H3,(H,14,17). The first-order valence-corrected chi connectivity index (χ1v) is 7.74. The molecule has 0 radical (unpaired) electrons. The number of aromatic amines is 1. The van der Waals surface area contributed by atoms with Gasteiger partial charge in [-0.05, 0) is 37.5 Å². The number of para-hydroxylation sites is 1. The van der Waals surface area contributed by atoms with Crippen LogP contribution in [-0.2, 0) is 6.54 Å². The molecule has 0 aliphatic rings. The highest BCUT2D eigenvalue weighted by Crippen LogP contribution is 2.25. The van der Waals surface area contributed by atoms with Gasteiger partial charge in [-0.3, -0.25) is 0 Å². The normalized spacial score (nSPS) is 12.8. The number of hydrogen-bond acceptors (Lipinski definition) is 3. The van der Waals surface area contributed by atoms with Crippen LogP contribution in [0.4, 0.5) is 0 Å². The van der Waals surface area contributed by atoms with E-state index in [0.29, 0.717) is 11.9 Å². The van der Waals surface area contributed by atoms with Crippen molar-refractivity contribution in [1.82, 2.24) is 9.55 Å². The predicted octanol–water partition coefficient (Wildman–Crippen LogP) is 3.85. The molecule has 1 aromatic heterocycles. The molecule has 2 aromatic rings. The van der Waals surface area contributed by atoms with Crippen molar-refractivity contribution >= 4 is 35.0 Å². The number of rotatable bonds is 5. The maximum Gasteiger partial charge on any atom is 0.178 e. The van der Waals surface area contributed by atoms with Gasteiger partial charge in [-0.15, -0.1) is 0 Å². The van der Waals surface area contributed by atoms with Crippen LogP contribution in [0.5, 0.6) is 5.75 Å². The van der Waals surface area contributed by atoms with Crippen LogP contribution in [0.15, 0.2) is 18.2 Å². The third-order valence-corrected chi connectivity index (χ3v) is 4.19. The van der Waals surface area contributed by atoms with Gasteiger partial charge in [-0.25, -0.2) is 0 Å². The largest absolute Gasteiger partial charge is 0.492 e. The second-order valence-corrected chi connectivity index (χ2v) is 5.83. The fourth-order valence-electron chi connectivity index (χ4n) is 1.94. The zero-order chi connectivity index (χ0) is 13.1. The Morgan fingerprint density at radius 1 is 1.50 bits per heavy atom. The number of nitrogens with zero attached hydrogens (tertiary/aromatic N) is 1. The van der Waals surface area contributed by atoms with E-state index in [2.05, 4.69) is 28.8 Å². The Hall–Kier alpha value is -0.940. The molecule has 0 aliphatic heterocycles. The number of imidazole rings is 1. The molecule has 1 N–H and O–H groups in total. The van der Waals surface area contributed by atoms with Gasteiger partial charge < -0.3 is 14.3 Å². The molecule has 18 heavy (non-hydrogen) atoms. The molecule has 2 rings (SSSR count). The lowest BCUT2D eigenvalue weighted by molar-refractivity contribution is 0.343. The molecule has 0 fully saturated rings. The molecule has 0 saturated carbocycles. The highest BCUT2D eigenvalue weighted by Gasteiger charge is 2.10. The summed E-state index contributed by atoms with van der Waals surface area (Å²) in [6.07, 6.45) is 2.12. The van der Waals surface area contributed by atoms with Crippen LogP contribution in [-0.4, -0.2) is 27.7 Å². The summed E-state index contributed by atoms with van der Waals surface area (Å²) >= 11 is 7.25. The smallest absolute Gasteiger partial charge is 0.178 e. The van der Waals surface area contributed by atoms with Crippen molar-refractivity contribution in [2.45, 2.75) is 25.6 Å². The zero-order valence-electron chi connectivity index (χ0n) is 10.9. The van der Waals surface area contributed by atoms with Crippen molar-refractivity contribution < 1.29 is 4.74 Å². The molecule has 98 valence electrons. The molecule has 1 unspecified atom stereocenters. The van der Waals surface area contributed by atoms with Crippen LogP contribution in [0.2, 0.25) is 0 Å². The monoisotopic (exact) mass is 282 g/mol. The first-order chi connectivity index (χ1) is 8.67. The van der Waals surface area contributed by atoms with Crippen molar-refractivity contribution in [3.8, 4) is 5.75 Å². The van der Waals surface area contributed by atoms with Gasteiger partial charge in [0.05, 0.1) is 12.1 Å². The van der Waals surface area contributed by atoms with Gasteiger partial charge in [0.25, 0.3) is 0 Å². The van der Waals surface area contributed by atoms with E-state index in [1.165, 1.54) is 0 Å². The van der Waals surface area contributed by atoms with Gasteiger partial charge >= 0.3 is 0 Å². The van der Waals surface area contributed by atoms with E-state index in [1.807, 2.05) is 30.8 Å². The van der Waals surface area contributed by atoms with Gasteiger partial charge in [0.1, 0.15) is 11.3 Å². The SMILES string of the molecule is CCOc1cccc2c1[nH]c(=S)n2CC(C)SC. The van der Waals surface area contributed by atoms with Crippen molar-refractivity contribution in [3.05, 3.63) is 23.0 Å². The topological polar surface area (TPSA) is 29.9 Å². The summed E-state index contributed by atoms with van der Waals surface area (Å²) in [4.78, 5) is 3.25. The Balaban J connectivity index is 2.51. The minimum absolute atomic E-state index is 0.534. The molecule has 1 atom stereocenters. The van der Waals surface area contributed by atoms with Gasteiger partial charge in [-0.2, -0.15) is 11.8 Å². The number of benzene rings is 1. The van der Waals surface area contributed by atoms with E-state index >= 15 is 0 Å². The van der Waals surface area contributed by atoms with Crippen LogP contribution in [0.3, 0.4) is 0 Å². The van der Waals surface area contributed by atoms with E-state index < -0.39 is 0 Å². The van der Waals surface area contributed by atoms with Crippen LogP contribution in [0, 0.1) is 4.77 Å². The van der Waals surface area contributed by atoms with Gasteiger partial charge in [0.15, 0.2) is 4.77 Å². The number of hydrogen-bond donors (Lipinski definition) is 1. The summed E-state index contributed by atoms with van der Waals surface area (Å²) in [6.45, 7) is 5.76. The average molecular weight is 282 g/mol. The molecule has 0 spiro atoms. The zero-order valence-corrected chi connectivity index (χ0v) is 12.5. The second kappa shape index (κ2) is 5.80. The average Bonchev–Trinajstić information content (AvgIpc) is 2.68. The third-order valence-electron chi connectivity index (χ3n) is 2.91. The van der Waals surface area contributed by atoms with Gasteiger partial charge in [-0.1, -0.05) is 13.0 Å². The molecule has 1 aromatic carbocycles. The van der Waals surface area contributed by atoms with Crippen LogP contribution in [0.1, 0.15) is 13.8 Å². The maximum atomic E-state index is 5.62. The Morgan fingerprint density at radius 2 is 2.28 bits per heavy atom. The van der Waals surface area contributed by atoms with E-state index in [9.17, 15) is 0 Å². The van der Waals surface area contributed by atoms with E-state index in [-0.39, 0.29) is 0 Å². The third kappa shape index (κ3) is 2.57.